The number of aromatic nitrogens is 2. The Labute approximate surface area is 223 Å². The summed E-state index contributed by atoms with van der Waals surface area (Å²) in [5.74, 6) is 1.09. The van der Waals surface area contributed by atoms with Gasteiger partial charge in [-0.05, 0) is 54.7 Å². The Bertz CT molecular complexity index is 1450. The van der Waals surface area contributed by atoms with Gasteiger partial charge < -0.3 is 15.0 Å². The number of nitrogens with one attached hydrogen (secondary N) is 2. The molecule has 198 valence electrons. The topological polar surface area (TPSA) is 104 Å². The molecular formula is C29H32N4O4S. The average Bonchev–Trinajstić information content (AvgIpc) is 3.37. The Balaban J connectivity index is 1.35. The van der Waals surface area contributed by atoms with E-state index in [0.717, 1.165) is 47.0 Å². The molecule has 0 bridgehead atoms. The second kappa shape index (κ2) is 11.4. The molecule has 2 N–H and O–H groups in total. The summed E-state index contributed by atoms with van der Waals surface area (Å²) in [7, 11) is -3.50. The minimum Gasteiger partial charge on any atom is -0.489 e. The molecule has 1 aliphatic heterocycles. The zero-order valence-electron chi connectivity index (χ0n) is 21.3. The van der Waals surface area contributed by atoms with E-state index < -0.39 is 22.1 Å². The lowest BCUT2D eigenvalue weighted by molar-refractivity contribution is -0.126. The van der Waals surface area contributed by atoms with E-state index in [1.165, 1.54) is 4.31 Å². The van der Waals surface area contributed by atoms with Crippen LogP contribution in [0.3, 0.4) is 0 Å². The van der Waals surface area contributed by atoms with Crippen LogP contribution in [-0.2, 0) is 27.8 Å². The fourth-order valence-electron chi connectivity index (χ4n) is 4.88. The molecule has 0 saturated carbocycles. The standard InChI is InChI=1S/C29H32N4O4S/c1-38(35,36)33-18-8-7-13-27(33)29(34)32-26(28-30-24-11-5-6-12-25(24)31-28)19-21-14-16-23(17-15-21)37-20-22-9-3-2-4-10-22/h2-6,9-12,14-17,26-27H,7-8,13,18-20H2,1H3,(H,30,31)(H,32,34)/t26-,27-/m0/s1. The Hall–Kier alpha value is -3.69. The Morgan fingerprint density at radius 3 is 2.50 bits per heavy atom. The van der Waals surface area contributed by atoms with Gasteiger partial charge in [0.15, 0.2) is 0 Å². The van der Waals surface area contributed by atoms with E-state index in [-0.39, 0.29) is 5.91 Å². The van der Waals surface area contributed by atoms with E-state index in [2.05, 4.69) is 10.3 Å². The highest BCUT2D eigenvalue weighted by Crippen LogP contribution is 2.25. The third kappa shape index (κ3) is 6.23. The molecule has 8 nitrogen and oxygen atoms in total. The Kier molecular flexibility index (Phi) is 7.76. The molecule has 4 aromatic rings. The van der Waals surface area contributed by atoms with Gasteiger partial charge in [-0.25, -0.2) is 13.4 Å². The molecule has 0 aliphatic carbocycles. The van der Waals surface area contributed by atoms with Crippen molar-refractivity contribution in [3.8, 4) is 5.75 Å². The largest absolute Gasteiger partial charge is 0.489 e. The van der Waals surface area contributed by atoms with Gasteiger partial charge in [-0.15, -0.1) is 0 Å². The molecule has 1 aromatic heterocycles. The van der Waals surface area contributed by atoms with Crippen LogP contribution in [0.2, 0.25) is 0 Å². The molecule has 1 fully saturated rings. The molecule has 0 radical (unpaired) electrons. The van der Waals surface area contributed by atoms with E-state index in [0.29, 0.717) is 31.8 Å². The quantitative estimate of drug-likeness (QED) is 0.333. The number of para-hydroxylation sites is 2. The molecule has 1 amide bonds. The molecule has 1 saturated heterocycles. The molecule has 2 atom stereocenters. The number of ether oxygens (including phenoxy) is 1. The number of amides is 1. The smallest absolute Gasteiger partial charge is 0.239 e. The number of rotatable bonds is 9. The summed E-state index contributed by atoms with van der Waals surface area (Å²) < 4.78 is 31.9. The summed E-state index contributed by atoms with van der Waals surface area (Å²) in [6, 6.07) is 24.3. The number of piperidine rings is 1. The summed E-state index contributed by atoms with van der Waals surface area (Å²) in [6.07, 6.45) is 3.71. The highest BCUT2D eigenvalue weighted by molar-refractivity contribution is 7.88. The Morgan fingerprint density at radius 2 is 1.76 bits per heavy atom. The van der Waals surface area contributed by atoms with Crippen LogP contribution in [0.1, 0.15) is 42.3 Å². The number of hydrogen-bond donors (Lipinski definition) is 2. The van der Waals surface area contributed by atoms with Crippen molar-refractivity contribution in [2.24, 2.45) is 0 Å². The number of carbonyl (C=O) groups excluding carboxylic acids is 1. The van der Waals surface area contributed by atoms with Crippen molar-refractivity contribution in [1.29, 1.82) is 0 Å². The van der Waals surface area contributed by atoms with Crippen LogP contribution in [0, 0.1) is 0 Å². The van der Waals surface area contributed by atoms with Crippen LogP contribution < -0.4 is 10.1 Å². The lowest BCUT2D eigenvalue weighted by atomic mass is 10.0. The minimum absolute atomic E-state index is 0.302. The number of benzene rings is 3. The van der Waals surface area contributed by atoms with Crippen molar-refractivity contribution in [2.45, 2.75) is 44.4 Å². The van der Waals surface area contributed by atoms with Gasteiger partial charge >= 0.3 is 0 Å². The van der Waals surface area contributed by atoms with E-state index in [4.69, 9.17) is 9.72 Å². The lowest BCUT2D eigenvalue weighted by Crippen LogP contribution is -2.52. The number of carbonyl (C=O) groups is 1. The summed E-state index contributed by atoms with van der Waals surface area (Å²) in [6.45, 7) is 0.840. The number of imidazole rings is 1. The van der Waals surface area contributed by atoms with E-state index in [9.17, 15) is 13.2 Å². The number of hydrogen-bond acceptors (Lipinski definition) is 5. The van der Waals surface area contributed by atoms with Gasteiger partial charge in [0, 0.05) is 6.54 Å². The molecule has 5 rings (SSSR count). The number of fused-ring (bicyclic) bond motifs is 1. The van der Waals surface area contributed by atoms with Gasteiger partial charge in [-0.2, -0.15) is 4.31 Å². The van der Waals surface area contributed by atoms with Gasteiger partial charge in [0.25, 0.3) is 0 Å². The third-order valence-electron chi connectivity index (χ3n) is 6.85. The first-order valence-corrected chi connectivity index (χ1v) is 14.7. The molecule has 0 unspecified atom stereocenters. The molecular weight excluding hydrogens is 500 g/mol. The van der Waals surface area contributed by atoms with Gasteiger partial charge in [-0.3, -0.25) is 4.79 Å². The average molecular weight is 533 g/mol. The van der Waals surface area contributed by atoms with Crippen LogP contribution in [0.25, 0.3) is 11.0 Å². The van der Waals surface area contributed by atoms with E-state index >= 15 is 0 Å². The zero-order valence-corrected chi connectivity index (χ0v) is 22.2. The van der Waals surface area contributed by atoms with Crippen LogP contribution in [0.15, 0.2) is 78.9 Å². The van der Waals surface area contributed by atoms with Gasteiger partial charge in [-0.1, -0.05) is 61.0 Å². The van der Waals surface area contributed by atoms with Crippen molar-refractivity contribution in [3.63, 3.8) is 0 Å². The van der Waals surface area contributed by atoms with Crippen molar-refractivity contribution >= 4 is 27.0 Å². The second-order valence-corrected chi connectivity index (χ2v) is 11.6. The van der Waals surface area contributed by atoms with Crippen molar-refractivity contribution in [3.05, 3.63) is 95.8 Å². The first kappa shape index (κ1) is 25.9. The fourth-order valence-corrected chi connectivity index (χ4v) is 6.01. The molecule has 1 aliphatic rings. The number of nitrogens with zero attached hydrogens (tertiary/aromatic N) is 2. The highest BCUT2D eigenvalue weighted by Gasteiger charge is 2.35. The predicted molar refractivity (Wildman–Crippen MR) is 147 cm³/mol. The normalized spacial score (nSPS) is 17.2. The van der Waals surface area contributed by atoms with Gasteiger partial charge in [0.1, 0.15) is 24.2 Å². The van der Waals surface area contributed by atoms with Crippen molar-refractivity contribution in [1.82, 2.24) is 19.6 Å². The molecule has 2 heterocycles. The summed E-state index contributed by atoms with van der Waals surface area (Å²) in [4.78, 5) is 21.5. The van der Waals surface area contributed by atoms with Crippen LogP contribution in [0.4, 0.5) is 0 Å². The number of H-pyrrole nitrogens is 1. The summed E-state index contributed by atoms with van der Waals surface area (Å²) in [5, 5.41) is 3.11. The fraction of sp³-hybridized carbons (Fsp3) is 0.310. The maximum absolute atomic E-state index is 13.4. The second-order valence-electron chi connectivity index (χ2n) is 9.71. The molecule has 38 heavy (non-hydrogen) atoms. The molecule has 0 spiro atoms. The Morgan fingerprint density at radius 1 is 1.03 bits per heavy atom. The number of aromatic amines is 1. The lowest BCUT2D eigenvalue weighted by Gasteiger charge is -2.33. The predicted octanol–water partition coefficient (Wildman–Crippen LogP) is 4.36. The zero-order chi connectivity index (χ0) is 26.5. The first-order valence-electron chi connectivity index (χ1n) is 12.8. The molecule has 3 aromatic carbocycles. The van der Waals surface area contributed by atoms with Crippen molar-refractivity contribution < 1.29 is 17.9 Å². The van der Waals surface area contributed by atoms with Gasteiger partial charge in [0.05, 0.1) is 23.3 Å². The van der Waals surface area contributed by atoms with E-state index in [1.54, 1.807) is 0 Å². The third-order valence-corrected chi connectivity index (χ3v) is 8.14. The van der Waals surface area contributed by atoms with E-state index in [1.807, 2.05) is 78.9 Å². The minimum atomic E-state index is -3.50. The van der Waals surface area contributed by atoms with Gasteiger partial charge in [0.2, 0.25) is 15.9 Å². The van der Waals surface area contributed by atoms with Crippen LogP contribution in [0.5, 0.6) is 5.75 Å². The van der Waals surface area contributed by atoms with Crippen LogP contribution >= 0.6 is 0 Å². The highest BCUT2D eigenvalue weighted by atomic mass is 32.2. The number of sulfonamides is 1. The summed E-state index contributed by atoms with van der Waals surface area (Å²) in [5.41, 5.74) is 3.77. The van der Waals surface area contributed by atoms with Crippen LogP contribution in [-0.4, -0.2) is 47.4 Å². The monoisotopic (exact) mass is 532 g/mol. The SMILES string of the molecule is CS(=O)(=O)N1CCCC[C@H]1C(=O)N[C@@H](Cc1ccc(OCc2ccccc2)cc1)c1nc2ccccc2[nH]1. The molecule has 9 heteroatoms. The maximum Gasteiger partial charge on any atom is 0.239 e. The summed E-state index contributed by atoms with van der Waals surface area (Å²) >= 11 is 0. The first-order chi connectivity index (χ1) is 18.4. The van der Waals surface area contributed by atoms with Crippen molar-refractivity contribution in [2.75, 3.05) is 12.8 Å². The maximum atomic E-state index is 13.4.